The minimum atomic E-state index is -0.109. The number of carbonyl (C=O) groups is 1. The van der Waals surface area contributed by atoms with Gasteiger partial charge in [0.25, 0.3) is 0 Å². The van der Waals surface area contributed by atoms with Gasteiger partial charge in [0.15, 0.2) is 0 Å². The van der Waals surface area contributed by atoms with Crippen LogP contribution in [0.4, 0.5) is 0 Å². The Hall–Kier alpha value is -0.870. The molecular formula is C14H23NO3. The number of ether oxygens (including phenoxy) is 1. The highest BCUT2D eigenvalue weighted by Gasteiger charge is 2.38. The highest BCUT2D eigenvalue weighted by Crippen LogP contribution is 2.38. The highest BCUT2D eigenvalue weighted by molar-refractivity contribution is 5.87. The number of amides is 1. The summed E-state index contributed by atoms with van der Waals surface area (Å²) in [4.78, 5) is 11.6. The van der Waals surface area contributed by atoms with Gasteiger partial charge in [0.2, 0.25) is 5.91 Å². The lowest BCUT2D eigenvalue weighted by molar-refractivity contribution is -0.124. The summed E-state index contributed by atoms with van der Waals surface area (Å²) in [5, 5.41) is 11.6. The molecule has 0 radical (unpaired) electrons. The highest BCUT2D eigenvalue weighted by atomic mass is 16.5. The standard InChI is InChI=1S/C14H23NO3/c16-9-4-5-13(17)15-12-6-10-18-14(11-12)7-2-1-3-8-14/h4-5,12,16H,1-3,6-11H2,(H,15,17)/b5-4+. The number of carbonyl (C=O) groups excluding carboxylic acids is 1. The van der Waals surface area contributed by atoms with Gasteiger partial charge in [-0.1, -0.05) is 25.3 Å². The topological polar surface area (TPSA) is 58.6 Å². The van der Waals surface area contributed by atoms with Crippen LogP contribution in [0.5, 0.6) is 0 Å². The zero-order chi connectivity index (χ0) is 12.8. The van der Waals surface area contributed by atoms with E-state index in [1.54, 1.807) is 0 Å². The maximum absolute atomic E-state index is 11.6. The molecule has 1 amide bonds. The van der Waals surface area contributed by atoms with Crippen LogP contribution in [0.1, 0.15) is 44.9 Å². The maximum atomic E-state index is 11.6. The number of aliphatic hydroxyl groups excluding tert-OH is 1. The van der Waals surface area contributed by atoms with Crippen molar-refractivity contribution in [1.82, 2.24) is 5.32 Å². The van der Waals surface area contributed by atoms with E-state index in [2.05, 4.69) is 5.32 Å². The van der Waals surface area contributed by atoms with Crippen molar-refractivity contribution < 1.29 is 14.6 Å². The largest absolute Gasteiger partial charge is 0.392 e. The fourth-order valence-electron chi connectivity index (χ4n) is 3.10. The normalized spacial score (nSPS) is 27.5. The van der Waals surface area contributed by atoms with Crippen molar-refractivity contribution in [1.29, 1.82) is 0 Å². The molecule has 1 aliphatic carbocycles. The van der Waals surface area contributed by atoms with E-state index >= 15 is 0 Å². The average Bonchev–Trinajstić information content (AvgIpc) is 2.37. The van der Waals surface area contributed by atoms with Crippen molar-refractivity contribution in [3.63, 3.8) is 0 Å². The van der Waals surface area contributed by atoms with Crippen LogP contribution in [0.15, 0.2) is 12.2 Å². The first kappa shape index (κ1) is 13.6. The van der Waals surface area contributed by atoms with Gasteiger partial charge in [-0.05, 0) is 25.7 Å². The molecule has 0 bridgehead atoms. The molecule has 2 N–H and O–H groups in total. The Bertz CT molecular complexity index is 303. The quantitative estimate of drug-likeness (QED) is 0.750. The van der Waals surface area contributed by atoms with E-state index < -0.39 is 0 Å². The van der Waals surface area contributed by atoms with Gasteiger partial charge >= 0.3 is 0 Å². The van der Waals surface area contributed by atoms with Gasteiger partial charge in [0.1, 0.15) is 0 Å². The molecule has 1 atom stereocenters. The SMILES string of the molecule is O=C(/C=C/CO)NC1CCOC2(CCCCC2)C1. The number of nitrogens with one attached hydrogen (secondary N) is 1. The summed E-state index contributed by atoms with van der Waals surface area (Å²) in [6.45, 7) is 0.653. The molecule has 1 unspecified atom stereocenters. The van der Waals surface area contributed by atoms with Crippen molar-refractivity contribution in [2.75, 3.05) is 13.2 Å². The van der Waals surface area contributed by atoms with Crippen LogP contribution in [0, 0.1) is 0 Å². The fourth-order valence-corrected chi connectivity index (χ4v) is 3.10. The van der Waals surface area contributed by atoms with Crippen molar-refractivity contribution in [3.05, 3.63) is 12.2 Å². The predicted molar refractivity (Wildman–Crippen MR) is 69.2 cm³/mol. The Kier molecular flexibility index (Phi) is 4.78. The van der Waals surface area contributed by atoms with E-state index in [4.69, 9.17) is 9.84 Å². The molecule has 1 saturated carbocycles. The Morgan fingerprint density at radius 3 is 2.89 bits per heavy atom. The summed E-state index contributed by atoms with van der Waals surface area (Å²) < 4.78 is 5.99. The lowest BCUT2D eigenvalue weighted by Crippen LogP contribution is -2.49. The summed E-state index contributed by atoms with van der Waals surface area (Å²) in [7, 11) is 0. The van der Waals surface area contributed by atoms with Crippen LogP contribution in [-0.4, -0.2) is 35.9 Å². The average molecular weight is 253 g/mol. The fraction of sp³-hybridized carbons (Fsp3) is 0.786. The Morgan fingerprint density at radius 1 is 1.39 bits per heavy atom. The molecule has 1 spiro atoms. The Balaban J connectivity index is 1.86. The van der Waals surface area contributed by atoms with Gasteiger partial charge in [-0.2, -0.15) is 0 Å². The van der Waals surface area contributed by atoms with Gasteiger partial charge < -0.3 is 15.2 Å². The van der Waals surface area contributed by atoms with E-state index in [-0.39, 0.29) is 24.2 Å². The van der Waals surface area contributed by atoms with Crippen molar-refractivity contribution in [2.45, 2.75) is 56.6 Å². The lowest BCUT2D eigenvalue weighted by Gasteiger charge is -2.43. The molecule has 0 aromatic rings. The second-order valence-electron chi connectivity index (χ2n) is 5.38. The lowest BCUT2D eigenvalue weighted by atomic mass is 9.78. The van der Waals surface area contributed by atoms with Crippen LogP contribution < -0.4 is 5.32 Å². The summed E-state index contributed by atoms with van der Waals surface area (Å²) in [5.74, 6) is -0.109. The molecule has 102 valence electrons. The van der Waals surface area contributed by atoms with Crippen molar-refractivity contribution in [2.24, 2.45) is 0 Å². The van der Waals surface area contributed by atoms with Crippen LogP contribution in [0.2, 0.25) is 0 Å². The first-order valence-electron chi connectivity index (χ1n) is 6.96. The zero-order valence-electron chi connectivity index (χ0n) is 10.9. The van der Waals surface area contributed by atoms with Crippen molar-refractivity contribution in [3.8, 4) is 0 Å². The zero-order valence-corrected chi connectivity index (χ0v) is 10.9. The smallest absolute Gasteiger partial charge is 0.243 e. The first-order valence-corrected chi connectivity index (χ1v) is 6.96. The van der Waals surface area contributed by atoms with E-state index in [9.17, 15) is 4.79 Å². The van der Waals surface area contributed by atoms with Gasteiger partial charge in [-0.15, -0.1) is 0 Å². The Labute approximate surface area is 108 Å². The summed E-state index contributed by atoms with van der Waals surface area (Å²) in [6.07, 6.45) is 10.7. The molecule has 1 aliphatic heterocycles. The minimum absolute atomic E-state index is 0.0230. The van der Waals surface area contributed by atoms with Crippen molar-refractivity contribution >= 4 is 5.91 Å². The second-order valence-corrected chi connectivity index (χ2v) is 5.38. The molecule has 18 heavy (non-hydrogen) atoms. The summed E-state index contributed by atoms with van der Waals surface area (Å²) in [6, 6.07) is 0.215. The molecular weight excluding hydrogens is 230 g/mol. The van der Waals surface area contributed by atoms with E-state index in [1.807, 2.05) is 0 Å². The van der Waals surface area contributed by atoms with Crippen LogP contribution in [-0.2, 0) is 9.53 Å². The van der Waals surface area contributed by atoms with Crippen LogP contribution in [0.25, 0.3) is 0 Å². The Morgan fingerprint density at radius 2 is 2.17 bits per heavy atom. The summed E-state index contributed by atoms with van der Waals surface area (Å²) in [5.41, 5.74) is 0.0230. The van der Waals surface area contributed by atoms with Gasteiger partial charge in [-0.3, -0.25) is 4.79 Å². The van der Waals surface area contributed by atoms with Gasteiger partial charge in [-0.25, -0.2) is 0 Å². The second kappa shape index (κ2) is 6.34. The third-order valence-corrected chi connectivity index (χ3v) is 3.98. The third-order valence-electron chi connectivity index (χ3n) is 3.98. The summed E-state index contributed by atoms with van der Waals surface area (Å²) >= 11 is 0. The van der Waals surface area contributed by atoms with Gasteiger partial charge in [0.05, 0.1) is 12.2 Å². The number of rotatable bonds is 3. The van der Waals surface area contributed by atoms with Gasteiger partial charge in [0, 0.05) is 18.7 Å². The van der Waals surface area contributed by atoms with E-state index in [0.29, 0.717) is 0 Å². The monoisotopic (exact) mass is 253 g/mol. The molecule has 2 aliphatic rings. The maximum Gasteiger partial charge on any atom is 0.243 e. The molecule has 1 heterocycles. The molecule has 1 saturated heterocycles. The van der Waals surface area contributed by atoms with E-state index in [1.165, 1.54) is 31.4 Å². The predicted octanol–water partition coefficient (Wildman–Crippen LogP) is 1.53. The molecule has 0 aromatic carbocycles. The molecule has 4 heteroatoms. The number of hydrogen-bond acceptors (Lipinski definition) is 3. The van der Waals surface area contributed by atoms with Crippen LogP contribution in [0.3, 0.4) is 0 Å². The molecule has 2 fully saturated rings. The van der Waals surface area contributed by atoms with E-state index in [0.717, 1.165) is 32.3 Å². The number of aliphatic hydroxyl groups is 1. The molecule has 2 rings (SSSR count). The molecule has 0 aromatic heterocycles. The minimum Gasteiger partial charge on any atom is -0.392 e. The third kappa shape index (κ3) is 3.56. The number of hydrogen-bond donors (Lipinski definition) is 2. The molecule has 4 nitrogen and oxygen atoms in total. The first-order chi connectivity index (χ1) is 8.74. The van der Waals surface area contributed by atoms with Crippen LogP contribution >= 0.6 is 0 Å².